The van der Waals surface area contributed by atoms with Crippen molar-refractivity contribution in [3.63, 3.8) is 0 Å². The van der Waals surface area contributed by atoms with Crippen LogP contribution in [0.1, 0.15) is 13.3 Å². The molecular formula is C17H15N3O4. The number of nitrogens with zero attached hydrogens (tertiary/aromatic N) is 3. The summed E-state index contributed by atoms with van der Waals surface area (Å²) in [6.07, 6.45) is 3.95. The highest BCUT2D eigenvalue weighted by Gasteiger charge is 2.25. The van der Waals surface area contributed by atoms with Crippen LogP contribution in [-0.2, 0) is 4.79 Å². The molecule has 0 bridgehead atoms. The summed E-state index contributed by atoms with van der Waals surface area (Å²) in [5.41, 5.74) is 2.21. The maximum Gasteiger partial charge on any atom is 0.265 e. The van der Waals surface area contributed by atoms with Crippen molar-refractivity contribution in [1.82, 2.24) is 10.1 Å². The minimum Gasteiger partial charge on any atom is -0.482 e. The monoisotopic (exact) mass is 325 g/mol. The molecule has 0 N–H and O–H groups in total. The van der Waals surface area contributed by atoms with Gasteiger partial charge >= 0.3 is 0 Å². The van der Waals surface area contributed by atoms with Crippen LogP contribution in [0.5, 0.6) is 5.75 Å². The molecule has 1 amide bonds. The standard InChI is InChI=1S/C17H15N3O4/c1-2-6-20-13-8-11(3-4-14(13)23-10-15(20)21)16-18-17(24-19-16)12-5-7-22-9-12/h3-5,7-9H,2,6,10H2,1H3. The Morgan fingerprint density at radius 1 is 1.25 bits per heavy atom. The normalized spacial score (nSPS) is 13.7. The maximum absolute atomic E-state index is 12.1. The number of furan rings is 1. The zero-order chi connectivity index (χ0) is 16.5. The number of carbonyl (C=O) groups excluding carboxylic acids is 1. The maximum atomic E-state index is 12.1. The van der Waals surface area contributed by atoms with Crippen molar-refractivity contribution < 1.29 is 18.5 Å². The minimum atomic E-state index is -0.0475. The second kappa shape index (κ2) is 5.84. The van der Waals surface area contributed by atoms with E-state index in [1.54, 1.807) is 23.5 Å². The fraction of sp³-hybridized carbons (Fsp3) is 0.235. The van der Waals surface area contributed by atoms with Crippen LogP contribution < -0.4 is 9.64 Å². The summed E-state index contributed by atoms with van der Waals surface area (Å²) < 4.78 is 15.8. The average Bonchev–Trinajstić information content (AvgIpc) is 3.28. The summed E-state index contributed by atoms with van der Waals surface area (Å²) in [6.45, 7) is 2.74. The predicted octanol–water partition coefficient (Wildman–Crippen LogP) is 3.13. The highest BCUT2D eigenvalue weighted by Crippen LogP contribution is 2.35. The first-order chi connectivity index (χ1) is 11.8. The topological polar surface area (TPSA) is 81.6 Å². The quantitative estimate of drug-likeness (QED) is 0.733. The van der Waals surface area contributed by atoms with Crippen LogP contribution in [0.3, 0.4) is 0 Å². The Morgan fingerprint density at radius 2 is 2.17 bits per heavy atom. The molecular weight excluding hydrogens is 310 g/mol. The number of aromatic nitrogens is 2. The fourth-order valence-electron chi connectivity index (χ4n) is 2.65. The first-order valence-electron chi connectivity index (χ1n) is 7.70. The molecule has 2 aromatic heterocycles. The van der Waals surface area contributed by atoms with Crippen molar-refractivity contribution in [2.45, 2.75) is 13.3 Å². The zero-order valence-corrected chi connectivity index (χ0v) is 13.1. The molecule has 0 unspecified atom stereocenters. The van der Waals surface area contributed by atoms with Crippen molar-refractivity contribution in [3.05, 3.63) is 36.8 Å². The van der Waals surface area contributed by atoms with Crippen molar-refractivity contribution in [3.8, 4) is 28.6 Å². The molecule has 0 radical (unpaired) electrons. The highest BCUT2D eigenvalue weighted by molar-refractivity contribution is 5.98. The molecule has 3 heterocycles. The van der Waals surface area contributed by atoms with Gasteiger partial charge in [0.15, 0.2) is 6.61 Å². The smallest absolute Gasteiger partial charge is 0.265 e. The van der Waals surface area contributed by atoms with Gasteiger partial charge < -0.3 is 18.6 Å². The number of fused-ring (bicyclic) bond motifs is 1. The number of rotatable bonds is 4. The summed E-state index contributed by atoms with van der Waals surface area (Å²) in [5, 5.41) is 4.01. The second-order valence-electron chi connectivity index (χ2n) is 5.45. The summed E-state index contributed by atoms with van der Waals surface area (Å²) in [5.74, 6) is 1.47. The van der Waals surface area contributed by atoms with E-state index in [4.69, 9.17) is 13.7 Å². The van der Waals surface area contributed by atoms with Gasteiger partial charge in [0, 0.05) is 12.1 Å². The molecule has 0 aliphatic carbocycles. The van der Waals surface area contributed by atoms with Crippen molar-refractivity contribution >= 4 is 11.6 Å². The number of benzene rings is 1. The molecule has 0 saturated carbocycles. The second-order valence-corrected chi connectivity index (χ2v) is 5.45. The Morgan fingerprint density at radius 3 is 2.96 bits per heavy atom. The van der Waals surface area contributed by atoms with Crippen LogP contribution in [0.15, 0.2) is 45.7 Å². The van der Waals surface area contributed by atoms with Gasteiger partial charge in [-0.1, -0.05) is 12.1 Å². The number of hydrogen-bond acceptors (Lipinski definition) is 6. The number of amides is 1. The van der Waals surface area contributed by atoms with Crippen molar-refractivity contribution in [2.75, 3.05) is 18.1 Å². The SMILES string of the molecule is CCCN1C(=O)COc2ccc(-c3noc(-c4ccoc4)n3)cc21. The molecule has 7 heteroatoms. The average molecular weight is 325 g/mol. The summed E-state index contributed by atoms with van der Waals surface area (Å²) in [4.78, 5) is 18.2. The Balaban J connectivity index is 1.71. The molecule has 4 rings (SSSR count). The summed E-state index contributed by atoms with van der Waals surface area (Å²) >= 11 is 0. The lowest BCUT2D eigenvalue weighted by atomic mass is 10.1. The number of hydrogen-bond donors (Lipinski definition) is 0. The van der Waals surface area contributed by atoms with E-state index in [-0.39, 0.29) is 12.5 Å². The molecule has 0 saturated heterocycles. The Kier molecular flexibility index (Phi) is 3.53. The van der Waals surface area contributed by atoms with Crippen LogP contribution in [0, 0.1) is 0 Å². The number of carbonyl (C=O) groups is 1. The fourth-order valence-corrected chi connectivity index (χ4v) is 2.65. The van der Waals surface area contributed by atoms with E-state index in [0.29, 0.717) is 24.0 Å². The Bertz CT molecular complexity index is 870. The molecule has 3 aromatic rings. The van der Waals surface area contributed by atoms with Crippen molar-refractivity contribution in [1.29, 1.82) is 0 Å². The van der Waals surface area contributed by atoms with E-state index in [0.717, 1.165) is 23.2 Å². The molecule has 1 aliphatic heterocycles. The van der Waals surface area contributed by atoms with Gasteiger partial charge in [-0.3, -0.25) is 4.79 Å². The van der Waals surface area contributed by atoms with Crippen LogP contribution in [0.25, 0.3) is 22.8 Å². The van der Waals surface area contributed by atoms with E-state index >= 15 is 0 Å². The van der Waals surface area contributed by atoms with E-state index in [1.807, 2.05) is 25.1 Å². The van der Waals surface area contributed by atoms with E-state index in [9.17, 15) is 4.79 Å². The third-order valence-corrected chi connectivity index (χ3v) is 3.80. The summed E-state index contributed by atoms with van der Waals surface area (Å²) in [6, 6.07) is 7.28. The van der Waals surface area contributed by atoms with Crippen LogP contribution in [0.2, 0.25) is 0 Å². The van der Waals surface area contributed by atoms with Crippen LogP contribution >= 0.6 is 0 Å². The lowest BCUT2D eigenvalue weighted by molar-refractivity contribution is -0.121. The van der Waals surface area contributed by atoms with E-state index in [2.05, 4.69) is 10.1 Å². The zero-order valence-electron chi connectivity index (χ0n) is 13.1. The van der Waals surface area contributed by atoms with Gasteiger partial charge in [-0.05, 0) is 30.7 Å². The molecule has 0 atom stereocenters. The van der Waals surface area contributed by atoms with Gasteiger partial charge in [-0.25, -0.2) is 0 Å². The lowest BCUT2D eigenvalue weighted by Crippen LogP contribution is -2.39. The Labute approximate surface area is 137 Å². The molecule has 1 aliphatic rings. The van der Waals surface area contributed by atoms with Gasteiger partial charge in [0.05, 0.1) is 17.5 Å². The third-order valence-electron chi connectivity index (χ3n) is 3.80. The van der Waals surface area contributed by atoms with Gasteiger partial charge in [-0.15, -0.1) is 0 Å². The Hall–Kier alpha value is -3.09. The van der Waals surface area contributed by atoms with Gasteiger partial charge in [0.1, 0.15) is 12.0 Å². The van der Waals surface area contributed by atoms with Crippen LogP contribution in [0.4, 0.5) is 5.69 Å². The van der Waals surface area contributed by atoms with Crippen LogP contribution in [-0.4, -0.2) is 29.2 Å². The minimum absolute atomic E-state index is 0.0475. The lowest BCUT2D eigenvalue weighted by Gasteiger charge is -2.29. The van der Waals surface area contributed by atoms with Gasteiger partial charge in [0.2, 0.25) is 5.82 Å². The molecule has 0 fully saturated rings. The third kappa shape index (κ3) is 2.44. The van der Waals surface area contributed by atoms with Gasteiger partial charge in [-0.2, -0.15) is 4.98 Å². The van der Waals surface area contributed by atoms with E-state index < -0.39 is 0 Å². The molecule has 1 aromatic carbocycles. The molecule has 7 nitrogen and oxygen atoms in total. The molecule has 24 heavy (non-hydrogen) atoms. The van der Waals surface area contributed by atoms with E-state index in [1.165, 1.54) is 0 Å². The van der Waals surface area contributed by atoms with Gasteiger partial charge in [0.25, 0.3) is 11.8 Å². The number of ether oxygens (including phenoxy) is 1. The first-order valence-corrected chi connectivity index (χ1v) is 7.70. The molecule has 0 spiro atoms. The summed E-state index contributed by atoms with van der Waals surface area (Å²) in [7, 11) is 0. The first kappa shape index (κ1) is 14.5. The van der Waals surface area contributed by atoms with Crippen molar-refractivity contribution in [2.24, 2.45) is 0 Å². The number of anilines is 1. The molecule has 122 valence electrons. The highest BCUT2D eigenvalue weighted by atomic mass is 16.5. The largest absolute Gasteiger partial charge is 0.482 e. The predicted molar refractivity (Wildman–Crippen MR) is 85.6 cm³/mol.